The summed E-state index contributed by atoms with van der Waals surface area (Å²) in [7, 11) is 0. The van der Waals surface area contributed by atoms with Gasteiger partial charge in [-0.3, -0.25) is 0 Å². The number of aromatic nitrogens is 5. The summed E-state index contributed by atoms with van der Waals surface area (Å²) in [5.74, 6) is 0.971. The molecule has 3 aromatic rings. The second kappa shape index (κ2) is 6.51. The largest absolute Gasteiger partial charge is 0.478 e. The van der Waals surface area contributed by atoms with Crippen LogP contribution in [0.25, 0.3) is 11.1 Å². The second-order valence-electron chi connectivity index (χ2n) is 5.02. The Hall–Kier alpha value is -2.83. The van der Waals surface area contributed by atoms with E-state index in [1.54, 1.807) is 23.0 Å². The van der Waals surface area contributed by atoms with Crippen molar-refractivity contribution in [2.75, 3.05) is 6.61 Å². The van der Waals surface area contributed by atoms with Crippen molar-refractivity contribution in [2.45, 2.75) is 20.4 Å². The molecule has 0 aliphatic carbocycles. The highest BCUT2D eigenvalue weighted by molar-refractivity contribution is 5.69. The molecule has 3 rings (SSSR count). The first-order valence-electron chi connectivity index (χ1n) is 7.28. The monoisotopic (exact) mass is 313 g/mol. The molecule has 0 aliphatic heterocycles. The average molecular weight is 313 g/mol. The maximum absolute atomic E-state index is 13.2. The van der Waals surface area contributed by atoms with E-state index in [2.05, 4.69) is 20.5 Å². The summed E-state index contributed by atoms with van der Waals surface area (Å²) < 4.78 is 20.4. The Bertz CT molecular complexity index is 800. The molecule has 0 radical (unpaired) electrons. The lowest BCUT2D eigenvalue weighted by atomic mass is 10.1. The summed E-state index contributed by atoms with van der Waals surface area (Å²) in [5.41, 5.74) is 2.59. The maximum atomic E-state index is 13.2. The van der Waals surface area contributed by atoms with E-state index >= 15 is 0 Å². The van der Waals surface area contributed by atoms with Gasteiger partial charge in [-0.05, 0) is 53.6 Å². The maximum Gasteiger partial charge on any atom is 0.221 e. The average Bonchev–Trinajstić information content (AvgIpc) is 2.95. The number of rotatable bonds is 5. The molecule has 0 bridgehead atoms. The van der Waals surface area contributed by atoms with E-state index in [4.69, 9.17) is 4.74 Å². The normalized spacial score (nSPS) is 10.7. The lowest BCUT2D eigenvalue weighted by Crippen LogP contribution is -2.06. The van der Waals surface area contributed by atoms with Crippen LogP contribution < -0.4 is 4.74 Å². The van der Waals surface area contributed by atoms with Gasteiger partial charge in [-0.15, -0.1) is 5.10 Å². The number of hydrogen-bond acceptors (Lipinski definition) is 5. The van der Waals surface area contributed by atoms with Crippen molar-refractivity contribution in [1.29, 1.82) is 0 Å². The summed E-state index contributed by atoms with van der Waals surface area (Å²) in [6.45, 7) is 4.75. The van der Waals surface area contributed by atoms with Crippen molar-refractivity contribution in [2.24, 2.45) is 0 Å². The molecule has 7 heteroatoms. The van der Waals surface area contributed by atoms with Crippen molar-refractivity contribution < 1.29 is 9.13 Å². The van der Waals surface area contributed by atoms with Crippen molar-refractivity contribution in [3.05, 3.63) is 53.7 Å². The van der Waals surface area contributed by atoms with Gasteiger partial charge in [0.25, 0.3) is 0 Å². The zero-order valence-corrected chi connectivity index (χ0v) is 12.9. The lowest BCUT2D eigenvalue weighted by Gasteiger charge is -2.11. The highest BCUT2D eigenvalue weighted by Gasteiger charge is 2.11. The van der Waals surface area contributed by atoms with Crippen molar-refractivity contribution >= 4 is 0 Å². The Morgan fingerprint density at radius 2 is 2.00 bits per heavy atom. The van der Waals surface area contributed by atoms with Crippen LogP contribution >= 0.6 is 0 Å². The summed E-state index contributed by atoms with van der Waals surface area (Å²) in [5, 5.41) is 11.4. The predicted octanol–water partition coefficient (Wildman–Crippen LogP) is 2.63. The molecule has 0 amide bonds. The Labute approximate surface area is 132 Å². The number of aryl methyl sites for hydroxylation is 1. The van der Waals surface area contributed by atoms with Crippen LogP contribution in [0.5, 0.6) is 5.88 Å². The van der Waals surface area contributed by atoms with Crippen LogP contribution in [0.2, 0.25) is 0 Å². The van der Waals surface area contributed by atoms with Crippen molar-refractivity contribution in [3.8, 4) is 17.0 Å². The van der Waals surface area contributed by atoms with E-state index in [0.29, 0.717) is 19.0 Å². The summed E-state index contributed by atoms with van der Waals surface area (Å²) in [6.07, 6.45) is 1.74. The number of tetrazole rings is 1. The van der Waals surface area contributed by atoms with Gasteiger partial charge in [0.15, 0.2) is 0 Å². The number of pyridine rings is 1. The minimum Gasteiger partial charge on any atom is -0.478 e. The van der Waals surface area contributed by atoms with Crippen molar-refractivity contribution in [3.63, 3.8) is 0 Å². The van der Waals surface area contributed by atoms with E-state index in [-0.39, 0.29) is 5.82 Å². The molecule has 0 saturated heterocycles. The third-order valence-electron chi connectivity index (χ3n) is 3.39. The second-order valence-corrected chi connectivity index (χ2v) is 5.02. The molecule has 6 nitrogen and oxygen atoms in total. The fourth-order valence-electron chi connectivity index (χ4n) is 2.24. The van der Waals surface area contributed by atoms with Crippen LogP contribution in [0.4, 0.5) is 4.39 Å². The smallest absolute Gasteiger partial charge is 0.221 e. The highest BCUT2D eigenvalue weighted by Crippen LogP contribution is 2.29. The zero-order valence-electron chi connectivity index (χ0n) is 12.9. The van der Waals surface area contributed by atoms with Gasteiger partial charge in [-0.1, -0.05) is 12.1 Å². The van der Waals surface area contributed by atoms with E-state index in [1.807, 2.05) is 19.9 Å². The molecule has 2 aromatic heterocycles. The highest BCUT2D eigenvalue weighted by atomic mass is 19.1. The molecule has 0 fully saturated rings. The van der Waals surface area contributed by atoms with Crippen LogP contribution in [0.3, 0.4) is 0 Å². The quantitative estimate of drug-likeness (QED) is 0.724. The summed E-state index contributed by atoms with van der Waals surface area (Å²) in [6, 6.07) is 8.22. The summed E-state index contributed by atoms with van der Waals surface area (Å²) in [4.78, 5) is 4.38. The van der Waals surface area contributed by atoms with E-state index in [9.17, 15) is 4.39 Å². The molecular weight excluding hydrogens is 297 g/mol. The van der Waals surface area contributed by atoms with Gasteiger partial charge in [0.05, 0.1) is 13.2 Å². The van der Waals surface area contributed by atoms with Gasteiger partial charge in [0.2, 0.25) is 5.88 Å². The molecular formula is C16H16FN5O. The molecule has 0 N–H and O–H groups in total. The molecule has 0 unspecified atom stereocenters. The molecule has 1 aromatic carbocycles. The fourth-order valence-corrected chi connectivity index (χ4v) is 2.24. The molecule has 118 valence electrons. The Morgan fingerprint density at radius 3 is 2.65 bits per heavy atom. The third-order valence-corrected chi connectivity index (χ3v) is 3.39. The lowest BCUT2D eigenvalue weighted by molar-refractivity contribution is 0.328. The molecule has 2 heterocycles. The molecule has 23 heavy (non-hydrogen) atoms. The SMILES string of the molecule is CCOc1ncc(Cn2nnnc2C)cc1-c1ccc(F)cc1. The van der Waals surface area contributed by atoms with Gasteiger partial charge in [-0.2, -0.15) is 0 Å². The number of hydrogen-bond donors (Lipinski definition) is 0. The van der Waals surface area contributed by atoms with Crippen molar-refractivity contribution in [1.82, 2.24) is 25.2 Å². The van der Waals surface area contributed by atoms with Crippen LogP contribution in [0.1, 0.15) is 18.3 Å². The van der Waals surface area contributed by atoms with Crippen LogP contribution in [-0.2, 0) is 6.54 Å². The van der Waals surface area contributed by atoms with Gasteiger partial charge >= 0.3 is 0 Å². The minimum absolute atomic E-state index is 0.278. The molecule has 0 aliphatic rings. The number of nitrogens with zero attached hydrogens (tertiary/aromatic N) is 5. The zero-order chi connectivity index (χ0) is 16.2. The molecule has 0 spiro atoms. The first-order chi connectivity index (χ1) is 11.2. The van der Waals surface area contributed by atoms with Gasteiger partial charge in [0, 0.05) is 11.8 Å². The first-order valence-corrected chi connectivity index (χ1v) is 7.28. The Balaban J connectivity index is 1.99. The Morgan fingerprint density at radius 1 is 1.22 bits per heavy atom. The fraction of sp³-hybridized carbons (Fsp3) is 0.250. The van der Waals surface area contributed by atoms with Gasteiger partial charge in [-0.25, -0.2) is 14.1 Å². The first kappa shape index (κ1) is 15.1. The van der Waals surface area contributed by atoms with Gasteiger partial charge < -0.3 is 4.74 Å². The van der Waals surface area contributed by atoms with E-state index in [0.717, 1.165) is 22.5 Å². The third kappa shape index (κ3) is 3.33. The molecule has 0 atom stereocenters. The number of benzene rings is 1. The minimum atomic E-state index is -0.278. The number of halogens is 1. The summed E-state index contributed by atoms with van der Waals surface area (Å²) >= 11 is 0. The van der Waals surface area contributed by atoms with Gasteiger partial charge in [0.1, 0.15) is 11.6 Å². The number of ether oxygens (including phenoxy) is 1. The Kier molecular flexibility index (Phi) is 4.27. The van der Waals surface area contributed by atoms with Crippen LogP contribution in [0, 0.1) is 12.7 Å². The molecule has 0 saturated carbocycles. The topological polar surface area (TPSA) is 65.7 Å². The standard InChI is InChI=1S/C16H16FN5O/c1-3-23-16-15(13-4-6-14(17)7-5-13)8-12(9-18-16)10-22-11(2)19-20-21-22/h4-9H,3,10H2,1-2H3. The van der Waals surface area contributed by atoms with E-state index < -0.39 is 0 Å². The van der Waals surface area contributed by atoms with Crippen LogP contribution in [-0.4, -0.2) is 31.8 Å². The predicted molar refractivity (Wildman–Crippen MR) is 82.5 cm³/mol. The van der Waals surface area contributed by atoms with E-state index in [1.165, 1.54) is 12.1 Å². The van der Waals surface area contributed by atoms with Crippen LogP contribution in [0.15, 0.2) is 36.5 Å².